The zero-order chi connectivity index (χ0) is 17.2. The summed E-state index contributed by atoms with van der Waals surface area (Å²) in [5.74, 6) is 0.947. The molecule has 1 aliphatic heterocycles. The Hall–Kier alpha value is -1.11. The molecule has 0 bridgehead atoms. The zero-order valence-electron chi connectivity index (χ0n) is 14.7. The molecule has 1 aromatic rings. The molecule has 134 valence electrons. The van der Waals surface area contributed by atoms with E-state index >= 15 is 0 Å². The zero-order valence-corrected chi connectivity index (χ0v) is 15.5. The van der Waals surface area contributed by atoms with Crippen LogP contribution in [0.2, 0.25) is 0 Å². The van der Waals surface area contributed by atoms with Gasteiger partial charge in [-0.05, 0) is 56.8 Å². The maximum atomic E-state index is 12.4. The lowest BCUT2D eigenvalue weighted by Crippen LogP contribution is -2.37. The van der Waals surface area contributed by atoms with Crippen molar-refractivity contribution in [2.75, 3.05) is 39.3 Å². The minimum atomic E-state index is -3.03. The van der Waals surface area contributed by atoms with Crippen LogP contribution in [0.3, 0.4) is 0 Å². The number of aryl methyl sites for hydroxylation is 2. The second kappa shape index (κ2) is 7.42. The van der Waals surface area contributed by atoms with Crippen molar-refractivity contribution < 1.29 is 13.2 Å². The molecule has 0 aromatic heterocycles. The van der Waals surface area contributed by atoms with E-state index in [0.29, 0.717) is 19.7 Å². The molecule has 0 unspecified atom stereocenters. The third-order valence-electron chi connectivity index (χ3n) is 4.86. The van der Waals surface area contributed by atoms with E-state index in [1.54, 1.807) is 4.31 Å². The van der Waals surface area contributed by atoms with Gasteiger partial charge in [-0.3, -0.25) is 4.90 Å². The first-order valence-electron chi connectivity index (χ1n) is 8.88. The Kier molecular flexibility index (Phi) is 5.47. The summed E-state index contributed by atoms with van der Waals surface area (Å²) in [6.07, 6.45) is 2.58. The van der Waals surface area contributed by atoms with Crippen molar-refractivity contribution in [2.45, 2.75) is 38.4 Å². The maximum absolute atomic E-state index is 12.4. The predicted molar refractivity (Wildman–Crippen MR) is 96.0 cm³/mol. The molecule has 3 rings (SSSR count). The van der Waals surface area contributed by atoms with Gasteiger partial charge in [0, 0.05) is 26.2 Å². The smallest absolute Gasteiger partial charge is 0.217 e. The molecule has 0 atom stereocenters. The molecule has 2 fully saturated rings. The highest BCUT2D eigenvalue weighted by molar-refractivity contribution is 7.90. The van der Waals surface area contributed by atoms with Crippen molar-refractivity contribution in [3.63, 3.8) is 0 Å². The molecule has 1 saturated carbocycles. The van der Waals surface area contributed by atoms with E-state index in [0.717, 1.165) is 50.2 Å². The molecule has 0 amide bonds. The van der Waals surface area contributed by atoms with Crippen LogP contribution in [-0.4, -0.2) is 62.2 Å². The van der Waals surface area contributed by atoms with Gasteiger partial charge in [0.2, 0.25) is 10.0 Å². The summed E-state index contributed by atoms with van der Waals surface area (Å²) in [5.41, 5.74) is 2.35. The van der Waals surface area contributed by atoms with Gasteiger partial charge in [0.25, 0.3) is 0 Å². The fraction of sp³-hybridized carbons (Fsp3) is 0.667. The highest BCUT2D eigenvalue weighted by atomic mass is 32.2. The first kappa shape index (κ1) is 17.7. The van der Waals surface area contributed by atoms with E-state index in [2.05, 4.69) is 36.9 Å². The second-order valence-electron chi connectivity index (χ2n) is 6.96. The van der Waals surface area contributed by atoms with E-state index < -0.39 is 10.0 Å². The van der Waals surface area contributed by atoms with E-state index in [4.69, 9.17) is 4.74 Å². The van der Waals surface area contributed by atoms with Crippen LogP contribution in [0.4, 0.5) is 0 Å². The number of benzene rings is 1. The first-order chi connectivity index (χ1) is 11.5. The Balaban J connectivity index is 1.47. The number of ether oxygens (including phenoxy) is 1. The van der Waals surface area contributed by atoms with Crippen LogP contribution >= 0.6 is 0 Å². The summed E-state index contributed by atoms with van der Waals surface area (Å²) in [4.78, 5) is 2.31. The Morgan fingerprint density at radius 3 is 2.67 bits per heavy atom. The van der Waals surface area contributed by atoms with Crippen LogP contribution < -0.4 is 4.74 Å². The molecule has 24 heavy (non-hydrogen) atoms. The molecule has 5 nitrogen and oxygen atoms in total. The Bertz CT molecular complexity index is 671. The van der Waals surface area contributed by atoms with Crippen molar-refractivity contribution in [2.24, 2.45) is 0 Å². The SMILES string of the molecule is Cc1ccc(C)c(OCCN2CCCN(S(=O)(=O)C3CC3)CC2)c1. The standard InChI is InChI=1S/C18H28N2O3S/c1-15-4-5-16(2)18(14-15)23-13-12-19-8-3-9-20(11-10-19)24(21,22)17-6-7-17/h4-5,14,17H,3,6-13H2,1-2H3. The first-order valence-corrected chi connectivity index (χ1v) is 10.4. The lowest BCUT2D eigenvalue weighted by atomic mass is 10.1. The summed E-state index contributed by atoms with van der Waals surface area (Å²) in [5, 5.41) is -0.100. The van der Waals surface area contributed by atoms with Crippen LogP contribution in [0.25, 0.3) is 0 Å². The molecule has 0 spiro atoms. The highest BCUT2D eigenvalue weighted by Crippen LogP contribution is 2.31. The molecule has 0 radical (unpaired) electrons. The Labute approximate surface area is 145 Å². The summed E-state index contributed by atoms with van der Waals surface area (Å²) in [7, 11) is -3.03. The van der Waals surface area contributed by atoms with Gasteiger partial charge >= 0.3 is 0 Å². The fourth-order valence-corrected chi connectivity index (χ4v) is 5.02. The van der Waals surface area contributed by atoms with Gasteiger partial charge in [-0.2, -0.15) is 0 Å². The number of rotatable bonds is 6. The van der Waals surface area contributed by atoms with Crippen LogP contribution in [-0.2, 0) is 10.0 Å². The molecule has 1 heterocycles. The van der Waals surface area contributed by atoms with E-state index in [-0.39, 0.29) is 5.25 Å². The summed E-state index contributed by atoms with van der Waals surface area (Å²) < 4.78 is 32.4. The van der Waals surface area contributed by atoms with Crippen molar-refractivity contribution in [1.82, 2.24) is 9.21 Å². The van der Waals surface area contributed by atoms with Gasteiger partial charge in [0.15, 0.2) is 0 Å². The third-order valence-corrected chi connectivity index (χ3v) is 7.26. The largest absolute Gasteiger partial charge is 0.492 e. The van der Waals surface area contributed by atoms with Gasteiger partial charge in [0.05, 0.1) is 5.25 Å². The van der Waals surface area contributed by atoms with Crippen molar-refractivity contribution in [1.29, 1.82) is 0 Å². The van der Waals surface area contributed by atoms with E-state index in [1.807, 2.05) is 0 Å². The minimum Gasteiger partial charge on any atom is -0.492 e. The monoisotopic (exact) mass is 352 g/mol. The number of hydrogen-bond acceptors (Lipinski definition) is 4. The molecular formula is C18H28N2O3S. The Morgan fingerprint density at radius 2 is 1.92 bits per heavy atom. The van der Waals surface area contributed by atoms with Crippen LogP contribution in [0.5, 0.6) is 5.75 Å². The van der Waals surface area contributed by atoms with Crippen molar-refractivity contribution in [3.8, 4) is 5.75 Å². The number of hydrogen-bond donors (Lipinski definition) is 0. The van der Waals surface area contributed by atoms with Gasteiger partial charge in [-0.25, -0.2) is 12.7 Å². The molecular weight excluding hydrogens is 324 g/mol. The van der Waals surface area contributed by atoms with Crippen LogP contribution in [0.1, 0.15) is 30.4 Å². The lowest BCUT2D eigenvalue weighted by Gasteiger charge is -2.22. The maximum Gasteiger partial charge on any atom is 0.217 e. The summed E-state index contributed by atoms with van der Waals surface area (Å²) in [6, 6.07) is 6.24. The summed E-state index contributed by atoms with van der Waals surface area (Å²) >= 11 is 0. The fourth-order valence-electron chi connectivity index (χ4n) is 3.15. The van der Waals surface area contributed by atoms with Gasteiger partial charge < -0.3 is 4.74 Å². The van der Waals surface area contributed by atoms with E-state index in [9.17, 15) is 8.42 Å². The lowest BCUT2D eigenvalue weighted by molar-refractivity contribution is 0.215. The molecule has 6 heteroatoms. The third kappa shape index (κ3) is 4.29. The van der Waals surface area contributed by atoms with Crippen molar-refractivity contribution in [3.05, 3.63) is 29.3 Å². The van der Waals surface area contributed by atoms with E-state index in [1.165, 1.54) is 5.56 Å². The quantitative estimate of drug-likeness (QED) is 0.787. The highest BCUT2D eigenvalue weighted by Gasteiger charge is 2.40. The van der Waals surface area contributed by atoms with Crippen LogP contribution in [0.15, 0.2) is 18.2 Å². The normalized spacial score (nSPS) is 20.8. The molecule has 1 aromatic carbocycles. The van der Waals surface area contributed by atoms with Crippen LogP contribution in [0, 0.1) is 13.8 Å². The molecule has 1 aliphatic carbocycles. The summed E-state index contributed by atoms with van der Waals surface area (Å²) in [6.45, 7) is 8.60. The van der Waals surface area contributed by atoms with Gasteiger partial charge in [0.1, 0.15) is 12.4 Å². The average molecular weight is 353 g/mol. The minimum absolute atomic E-state index is 0.100. The number of sulfonamides is 1. The number of nitrogens with zero attached hydrogens (tertiary/aromatic N) is 2. The van der Waals surface area contributed by atoms with Gasteiger partial charge in [-0.1, -0.05) is 12.1 Å². The van der Waals surface area contributed by atoms with Crippen molar-refractivity contribution >= 4 is 10.0 Å². The topological polar surface area (TPSA) is 49.9 Å². The molecule has 2 aliphatic rings. The molecule has 0 N–H and O–H groups in total. The predicted octanol–water partition coefficient (Wildman–Crippen LogP) is 2.18. The van der Waals surface area contributed by atoms with Gasteiger partial charge in [-0.15, -0.1) is 0 Å². The second-order valence-corrected chi connectivity index (χ2v) is 9.17. The Morgan fingerprint density at radius 1 is 1.12 bits per heavy atom. The average Bonchev–Trinajstić information content (AvgIpc) is 3.37. The molecule has 1 saturated heterocycles.